The molecular formula is C20H24N2O. The number of amides is 1. The second-order valence-electron chi connectivity index (χ2n) is 6.49. The second kappa shape index (κ2) is 6.97. The van der Waals surface area contributed by atoms with Crippen LogP contribution >= 0.6 is 0 Å². The lowest BCUT2D eigenvalue weighted by Crippen LogP contribution is -2.27. The summed E-state index contributed by atoms with van der Waals surface area (Å²) >= 11 is 0. The van der Waals surface area contributed by atoms with E-state index < -0.39 is 0 Å². The van der Waals surface area contributed by atoms with E-state index >= 15 is 0 Å². The van der Waals surface area contributed by atoms with Gasteiger partial charge in [0.1, 0.15) is 0 Å². The first kappa shape index (κ1) is 15.8. The molecular weight excluding hydrogens is 284 g/mol. The van der Waals surface area contributed by atoms with Crippen molar-refractivity contribution in [2.24, 2.45) is 5.92 Å². The number of nitrogens with one attached hydrogen (secondary N) is 1. The molecule has 2 aromatic rings. The molecule has 1 fully saturated rings. The highest BCUT2D eigenvalue weighted by Crippen LogP contribution is 2.21. The maximum absolute atomic E-state index is 12.5. The van der Waals surface area contributed by atoms with Gasteiger partial charge in [-0.15, -0.1) is 0 Å². The summed E-state index contributed by atoms with van der Waals surface area (Å²) in [5.41, 5.74) is 4.67. The topological polar surface area (TPSA) is 32.3 Å². The van der Waals surface area contributed by atoms with Crippen LogP contribution in [0.15, 0.2) is 48.5 Å². The van der Waals surface area contributed by atoms with Gasteiger partial charge in [-0.1, -0.05) is 36.4 Å². The number of nitrogens with zero attached hydrogens (tertiary/aromatic N) is 1. The molecule has 23 heavy (non-hydrogen) atoms. The summed E-state index contributed by atoms with van der Waals surface area (Å²) in [5, 5.41) is 3.07. The second-order valence-corrected chi connectivity index (χ2v) is 6.49. The fourth-order valence-corrected chi connectivity index (χ4v) is 3.10. The van der Waals surface area contributed by atoms with Crippen molar-refractivity contribution in [1.29, 1.82) is 0 Å². The van der Waals surface area contributed by atoms with Gasteiger partial charge in [0.15, 0.2) is 0 Å². The van der Waals surface area contributed by atoms with Crippen LogP contribution in [-0.2, 0) is 11.3 Å². The zero-order chi connectivity index (χ0) is 16.2. The van der Waals surface area contributed by atoms with Crippen molar-refractivity contribution in [1.82, 2.24) is 4.90 Å². The number of hydrogen-bond donors (Lipinski definition) is 1. The van der Waals surface area contributed by atoms with Crippen LogP contribution in [0.25, 0.3) is 0 Å². The molecule has 1 aliphatic rings. The minimum absolute atomic E-state index is 0.0836. The molecule has 120 valence electrons. The molecule has 1 unspecified atom stereocenters. The summed E-state index contributed by atoms with van der Waals surface area (Å²) < 4.78 is 0. The highest BCUT2D eigenvalue weighted by Gasteiger charge is 2.28. The van der Waals surface area contributed by atoms with Gasteiger partial charge in [0, 0.05) is 18.8 Å². The zero-order valence-corrected chi connectivity index (χ0v) is 13.9. The largest absolute Gasteiger partial charge is 0.326 e. The van der Waals surface area contributed by atoms with Gasteiger partial charge in [-0.25, -0.2) is 0 Å². The number of rotatable bonds is 4. The third kappa shape index (κ3) is 3.99. The van der Waals surface area contributed by atoms with Crippen LogP contribution in [0.4, 0.5) is 5.69 Å². The molecule has 1 atom stereocenters. The van der Waals surface area contributed by atoms with E-state index in [1.807, 2.05) is 18.2 Å². The first-order valence-corrected chi connectivity index (χ1v) is 8.26. The van der Waals surface area contributed by atoms with Crippen LogP contribution in [0.1, 0.15) is 23.1 Å². The Kier molecular flexibility index (Phi) is 4.77. The van der Waals surface area contributed by atoms with E-state index in [1.165, 1.54) is 16.7 Å². The lowest BCUT2D eigenvalue weighted by Gasteiger charge is -2.16. The van der Waals surface area contributed by atoms with E-state index in [-0.39, 0.29) is 11.8 Å². The smallest absolute Gasteiger partial charge is 0.228 e. The minimum atomic E-state index is 0.0836. The standard InChI is InChI=1S/C20H24N2O/c1-15-8-9-19(12-16(15)2)21-20(23)18-10-11-22(14-18)13-17-6-4-3-5-7-17/h3-9,12,18H,10-11,13-14H2,1-2H3,(H,21,23). The molecule has 0 bridgehead atoms. The highest BCUT2D eigenvalue weighted by molar-refractivity contribution is 5.93. The number of carbonyl (C=O) groups excluding carboxylic acids is 1. The zero-order valence-electron chi connectivity index (χ0n) is 13.9. The SMILES string of the molecule is Cc1ccc(NC(=O)C2CCN(Cc3ccccc3)C2)cc1C. The van der Waals surface area contributed by atoms with Crippen molar-refractivity contribution in [2.75, 3.05) is 18.4 Å². The van der Waals surface area contributed by atoms with Crippen LogP contribution in [0.3, 0.4) is 0 Å². The van der Waals surface area contributed by atoms with Crippen molar-refractivity contribution in [3.63, 3.8) is 0 Å². The van der Waals surface area contributed by atoms with Crippen LogP contribution in [0, 0.1) is 19.8 Å². The summed E-state index contributed by atoms with van der Waals surface area (Å²) in [6, 6.07) is 16.5. The summed E-state index contributed by atoms with van der Waals surface area (Å²) in [4.78, 5) is 14.8. The van der Waals surface area contributed by atoms with Crippen molar-refractivity contribution in [3.8, 4) is 0 Å². The Morgan fingerprint density at radius 2 is 1.91 bits per heavy atom. The first-order chi connectivity index (χ1) is 11.1. The average Bonchev–Trinajstić information content (AvgIpc) is 3.00. The molecule has 1 heterocycles. The first-order valence-electron chi connectivity index (χ1n) is 8.26. The summed E-state index contributed by atoms with van der Waals surface area (Å²) in [6.45, 7) is 6.90. The molecule has 1 N–H and O–H groups in total. The molecule has 0 aromatic heterocycles. The Morgan fingerprint density at radius 3 is 2.65 bits per heavy atom. The summed E-state index contributed by atoms with van der Waals surface area (Å²) in [5.74, 6) is 0.226. The van der Waals surface area contributed by atoms with Crippen LogP contribution < -0.4 is 5.32 Å². The Bertz CT molecular complexity index is 681. The van der Waals surface area contributed by atoms with E-state index in [0.717, 1.165) is 31.7 Å². The molecule has 1 amide bonds. The Hall–Kier alpha value is -2.13. The van der Waals surface area contributed by atoms with Gasteiger partial charge in [0.05, 0.1) is 5.92 Å². The lowest BCUT2D eigenvalue weighted by atomic mass is 10.1. The maximum atomic E-state index is 12.5. The molecule has 0 saturated carbocycles. The fraction of sp³-hybridized carbons (Fsp3) is 0.350. The van der Waals surface area contributed by atoms with E-state index in [0.29, 0.717) is 0 Å². The van der Waals surface area contributed by atoms with Crippen molar-refractivity contribution >= 4 is 11.6 Å². The van der Waals surface area contributed by atoms with E-state index in [4.69, 9.17) is 0 Å². The van der Waals surface area contributed by atoms with Gasteiger partial charge in [0.25, 0.3) is 0 Å². The molecule has 2 aromatic carbocycles. The van der Waals surface area contributed by atoms with Crippen molar-refractivity contribution in [3.05, 3.63) is 65.2 Å². The predicted molar refractivity (Wildman–Crippen MR) is 94.4 cm³/mol. The third-order valence-corrected chi connectivity index (χ3v) is 4.67. The maximum Gasteiger partial charge on any atom is 0.228 e. The van der Waals surface area contributed by atoms with Crippen LogP contribution in [0.5, 0.6) is 0 Å². The molecule has 3 heteroatoms. The van der Waals surface area contributed by atoms with Gasteiger partial charge < -0.3 is 5.32 Å². The number of benzene rings is 2. The average molecular weight is 308 g/mol. The molecule has 0 spiro atoms. The van der Waals surface area contributed by atoms with E-state index in [1.54, 1.807) is 0 Å². The van der Waals surface area contributed by atoms with Gasteiger partial charge in [0.2, 0.25) is 5.91 Å². The quantitative estimate of drug-likeness (QED) is 0.932. The number of likely N-dealkylation sites (tertiary alicyclic amines) is 1. The van der Waals surface area contributed by atoms with Crippen LogP contribution in [0.2, 0.25) is 0 Å². The van der Waals surface area contributed by atoms with Crippen molar-refractivity contribution < 1.29 is 4.79 Å². The molecule has 3 rings (SSSR count). The molecule has 0 radical (unpaired) electrons. The predicted octanol–water partition coefficient (Wildman–Crippen LogP) is 3.76. The Balaban J connectivity index is 1.56. The number of carbonyl (C=O) groups is 1. The van der Waals surface area contributed by atoms with Crippen molar-refractivity contribution in [2.45, 2.75) is 26.8 Å². The van der Waals surface area contributed by atoms with Gasteiger partial charge in [-0.2, -0.15) is 0 Å². The lowest BCUT2D eigenvalue weighted by molar-refractivity contribution is -0.119. The Labute approximate surface area is 138 Å². The monoisotopic (exact) mass is 308 g/mol. The number of anilines is 1. The molecule has 1 saturated heterocycles. The van der Waals surface area contributed by atoms with Gasteiger partial charge in [-0.3, -0.25) is 9.69 Å². The molecule has 3 nitrogen and oxygen atoms in total. The van der Waals surface area contributed by atoms with E-state index in [2.05, 4.69) is 54.4 Å². The molecule has 1 aliphatic heterocycles. The van der Waals surface area contributed by atoms with Crippen LogP contribution in [-0.4, -0.2) is 23.9 Å². The minimum Gasteiger partial charge on any atom is -0.326 e. The van der Waals surface area contributed by atoms with Gasteiger partial charge >= 0.3 is 0 Å². The molecule has 0 aliphatic carbocycles. The summed E-state index contributed by atoms with van der Waals surface area (Å²) in [6.07, 6.45) is 0.934. The normalized spacial score (nSPS) is 18.1. The highest BCUT2D eigenvalue weighted by atomic mass is 16.1. The Morgan fingerprint density at radius 1 is 1.13 bits per heavy atom. The fourth-order valence-electron chi connectivity index (χ4n) is 3.10. The van der Waals surface area contributed by atoms with Gasteiger partial charge in [-0.05, 0) is 55.6 Å². The van der Waals surface area contributed by atoms with E-state index in [9.17, 15) is 4.79 Å². The summed E-state index contributed by atoms with van der Waals surface area (Å²) in [7, 11) is 0. The third-order valence-electron chi connectivity index (χ3n) is 4.67. The number of hydrogen-bond acceptors (Lipinski definition) is 2. The number of aryl methyl sites for hydroxylation is 2.